The third-order valence-electron chi connectivity index (χ3n) is 6.19. The SMILES string of the molecule is CN1C(=O)NC2(CCN(Cc3c(-c4ccc(F)cc4)nc4ccccn34)CC2)C1=O. The lowest BCUT2D eigenvalue weighted by atomic mass is 9.87. The van der Waals surface area contributed by atoms with Crippen molar-refractivity contribution >= 4 is 17.6 Å². The number of halogens is 1. The van der Waals surface area contributed by atoms with E-state index in [1.807, 2.05) is 24.4 Å². The number of piperidine rings is 1. The summed E-state index contributed by atoms with van der Waals surface area (Å²) < 4.78 is 15.5. The highest BCUT2D eigenvalue weighted by Gasteiger charge is 2.50. The highest BCUT2D eigenvalue weighted by molar-refractivity contribution is 6.06. The topological polar surface area (TPSA) is 70.0 Å². The molecule has 2 aliphatic heterocycles. The van der Waals surface area contributed by atoms with Gasteiger partial charge in [-0.05, 0) is 49.2 Å². The molecule has 2 fully saturated rings. The number of carbonyl (C=O) groups excluding carboxylic acids is 2. The Balaban J connectivity index is 1.42. The number of nitrogens with zero attached hydrogens (tertiary/aromatic N) is 4. The van der Waals surface area contributed by atoms with Gasteiger partial charge < -0.3 is 9.72 Å². The Morgan fingerprint density at radius 2 is 1.83 bits per heavy atom. The molecule has 154 valence electrons. The molecule has 1 N–H and O–H groups in total. The highest BCUT2D eigenvalue weighted by Crippen LogP contribution is 2.31. The fourth-order valence-corrected chi connectivity index (χ4v) is 4.44. The molecule has 2 aromatic heterocycles. The number of imide groups is 1. The van der Waals surface area contributed by atoms with Crippen LogP contribution < -0.4 is 5.32 Å². The second kappa shape index (κ2) is 6.91. The van der Waals surface area contributed by atoms with Gasteiger partial charge in [0.25, 0.3) is 5.91 Å². The van der Waals surface area contributed by atoms with Gasteiger partial charge >= 0.3 is 6.03 Å². The van der Waals surface area contributed by atoms with Crippen LogP contribution >= 0.6 is 0 Å². The van der Waals surface area contributed by atoms with Crippen molar-refractivity contribution in [3.63, 3.8) is 0 Å². The highest BCUT2D eigenvalue weighted by atomic mass is 19.1. The first kappa shape index (κ1) is 18.7. The van der Waals surface area contributed by atoms with Crippen LogP contribution in [0, 0.1) is 5.82 Å². The van der Waals surface area contributed by atoms with Crippen molar-refractivity contribution in [2.75, 3.05) is 20.1 Å². The number of amides is 3. The summed E-state index contributed by atoms with van der Waals surface area (Å²) in [5, 5.41) is 2.88. The van der Waals surface area contributed by atoms with E-state index in [1.54, 1.807) is 12.1 Å². The molecule has 3 amide bonds. The van der Waals surface area contributed by atoms with Gasteiger partial charge in [-0.2, -0.15) is 0 Å². The van der Waals surface area contributed by atoms with E-state index in [0.717, 1.165) is 22.6 Å². The van der Waals surface area contributed by atoms with E-state index in [9.17, 15) is 14.0 Å². The van der Waals surface area contributed by atoms with Crippen molar-refractivity contribution in [2.24, 2.45) is 0 Å². The number of urea groups is 1. The first-order chi connectivity index (χ1) is 14.5. The number of aromatic nitrogens is 2. The summed E-state index contributed by atoms with van der Waals surface area (Å²) in [6.45, 7) is 2.01. The van der Waals surface area contributed by atoms with Gasteiger partial charge in [0.1, 0.15) is 17.0 Å². The Morgan fingerprint density at radius 1 is 1.10 bits per heavy atom. The molecule has 1 spiro atoms. The zero-order valence-electron chi connectivity index (χ0n) is 16.6. The van der Waals surface area contributed by atoms with E-state index in [4.69, 9.17) is 4.98 Å². The maximum atomic E-state index is 13.4. The summed E-state index contributed by atoms with van der Waals surface area (Å²) in [5.74, 6) is -0.424. The normalized spacial score (nSPS) is 19.1. The zero-order chi connectivity index (χ0) is 20.9. The lowest BCUT2D eigenvalue weighted by molar-refractivity contribution is -0.132. The van der Waals surface area contributed by atoms with Gasteiger partial charge in [-0.3, -0.25) is 14.6 Å². The smallest absolute Gasteiger partial charge is 0.323 e. The Hall–Kier alpha value is -3.26. The number of carbonyl (C=O) groups is 2. The predicted octanol–water partition coefficient (Wildman–Crippen LogP) is 2.66. The van der Waals surface area contributed by atoms with Gasteiger partial charge in [-0.15, -0.1) is 0 Å². The minimum atomic E-state index is -0.776. The first-order valence-corrected chi connectivity index (χ1v) is 10.0. The van der Waals surface area contributed by atoms with Crippen LogP contribution in [0.4, 0.5) is 9.18 Å². The van der Waals surface area contributed by atoms with Gasteiger partial charge in [0.05, 0.1) is 11.4 Å². The third-order valence-corrected chi connectivity index (χ3v) is 6.19. The molecule has 1 aromatic carbocycles. The summed E-state index contributed by atoms with van der Waals surface area (Å²) >= 11 is 0. The van der Waals surface area contributed by atoms with E-state index in [-0.39, 0.29) is 17.8 Å². The van der Waals surface area contributed by atoms with E-state index in [2.05, 4.69) is 14.6 Å². The Labute approximate surface area is 173 Å². The standard InChI is InChI=1S/C22H22FN5O2/c1-26-20(29)22(25-21(26)30)9-12-27(13-10-22)14-17-19(15-5-7-16(23)8-6-15)24-18-4-2-3-11-28(17)18/h2-8,11H,9-10,12-14H2,1H3,(H,25,30). The van der Waals surface area contributed by atoms with Crippen molar-refractivity contribution in [1.29, 1.82) is 0 Å². The minimum Gasteiger partial charge on any atom is -0.323 e. The van der Waals surface area contributed by atoms with E-state index < -0.39 is 5.54 Å². The van der Waals surface area contributed by atoms with Crippen LogP contribution in [-0.2, 0) is 11.3 Å². The number of likely N-dealkylation sites (N-methyl/N-ethyl adjacent to an activating group) is 1. The number of rotatable bonds is 3. The average Bonchev–Trinajstić information content (AvgIpc) is 3.22. The molecule has 2 saturated heterocycles. The molecule has 0 atom stereocenters. The Morgan fingerprint density at radius 3 is 2.50 bits per heavy atom. The van der Waals surface area contributed by atoms with Gasteiger partial charge in [-0.1, -0.05) is 6.07 Å². The predicted molar refractivity (Wildman–Crippen MR) is 109 cm³/mol. The van der Waals surface area contributed by atoms with Crippen molar-refractivity contribution in [1.82, 2.24) is 24.5 Å². The molecule has 7 nitrogen and oxygen atoms in total. The number of nitrogens with one attached hydrogen (secondary N) is 1. The summed E-state index contributed by atoms with van der Waals surface area (Å²) in [6, 6.07) is 11.9. The van der Waals surface area contributed by atoms with Gasteiger partial charge in [0.15, 0.2) is 0 Å². The second-order valence-corrected chi connectivity index (χ2v) is 8.00. The molecule has 8 heteroatoms. The largest absolute Gasteiger partial charge is 0.324 e. The number of hydrogen-bond donors (Lipinski definition) is 1. The minimum absolute atomic E-state index is 0.144. The van der Waals surface area contributed by atoms with Crippen LogP contribution in [0.1, 0.15) is 18.5 Å². The molecule has 2 aliphatic rings. The van der Waals surface area contributed by atoms with Gasteiger partial charge in [-0.25, -0.2) is 14.2 Å². The van der Waals surface area contributed by atoms with E-state index in [0.29, 0.717) is 32.5 Å². The Kier molecular flexibility index (Phi) is 4.32. The molecule has 0 saturated carbocycles. The lowest BCUT2D eigenvalue weighted by Crippen LogP contribution is -2.54. The fourth-order valence-electron chi connectivity index (χ4n) is 4.44. The fraction of sp³-hybridized carbons (Fsp3) is 0.318. The van der Waals surface area contributed by atoms with E-state index >= 15 is 0 Å². The number of hydrogen-bond acceptors (Lipinski definition) is 4. The van der Waals surface area contributed by atoms with Gasteiger partial charge in [0.2, 0.25) is 0 Å². The maximum Gasteiger partial charge on any atom is 0.324 e. The number of likely N-dealkylation sites (tertiary alicyclic amines) is 1. The van der Waals surface area contributed by atoms with Gasteiger partial charge in [0, 0.05) is 38.4 Å². The number of imidazole rings is 1. The monoisotopic (exact) mass is 407 g/mol. The molecule has 0 bridgehead atoms. The maximum absolute atomic E-state index is 13.4. The molecule has 3 aromatic rings. The van der Waals surface area contributed by atoms with Crippen molar-refractivity contribution < 1.29 is 14.0 Å². The van der Waals surface area contributed by atoms with Crippen LogP contribution in [0.3, 0.4) is 0 Å². The van der Waals surface area contributed by atoms with Crippen LogP contribution in [0.25, 0.3) is 16.9 Å². The number of pyridine rings is 1. The lowest BCUT2D eigenvalue weighted by Gasteiger charge is -2.37. The molecular formula is C22H22FN5O2. The first-order valence-electron chi connectivity index (χ1n) is 10.0. The van der Waals surface area contributed by atoms with E-state index in [1.165, 1.54) is 24.1 Å². The van der Waals surface area contributed by atoms with Crippen LogP contribution in [0.5, 0.6) is 0 Å². The Bertz CT molecular complexity index is 1130. The molecular weight excluding hydrogens is 385 g/mol. The summed E-state index contributed by atoms with van der Waals surface area (Å²) in [7, 11) is 1.52. The van der Waals surface area contributed by atoms with Crippen LogP contribution in [0.15, 0.2) is 48.7 Å². The summed E-state index contributed by atoms with van der Waals surface area (Å²) in [6.07, 6.45) is 3.13. The summed E-state index contributed by atoms with van der Waals surface area (Å²) in [4.78, 5) is 32.7. The molecule has 4 heterocycles. The molecule has 30 heavy (non-hydrogen) atoms. The number of fused-ring (bicyclic) bond motifs is 1. The summed E-state index contributed by atoms with van der Waals surface area (Å²) in [5.41, 5.74) is 2.77. The second-order valence-electron chi connectivity index (χ2n) is 8.00. The molecule has 0 aliphatic carbocycles. The molecule has 5 rings (SSSR count). The zero-order valence-corrected chi connectivity index (χ0v) is 16.6. The third kappa shape index (κ3) is 2.95. The molecule has 0 unspecified atom stereocenters. The number of benzene rings is 1. The average molecular weight is 407 g/mol. The van der Waals surface area contributed by atoms with Crippen molar-refractivity contribution in [3.8, 4) is 11.3 Å². The quantitative estimate of drug-likeness (QED) is 0.678. The van der Waals surface area contributed by atoms with Crippen molar-refractivity contribution in [2.45, 2.75) is 24.9 Å². The van der Waals surface area contributed by atoms with Crippen LogP contribution in [0.2, 0.25) is 0 Å². The molecule has 0 radical (unpaired) electrons. The van der Waals surface area contributed by atoms with Crippen LogP contribution in [-0.4, -0.2) is 56.8 Å². The van der Waals surface area contributed by atoms with Crippen molar-refractivity contribution in [3.05, 3.63) is 60.2 Å².